The number of benzene rings is 2. The van der Waals surface area contributed by atoms with Crippen LogP contribution in [0.15, 0.2) is 54.6 Å². The molecule has 0 amide bonds. The highest BCUT2D eigenvalue weighted by atomic mass is 16.5. The number of aliphatic hydroxyl groups excluding tert-OH is 1. The van der Waals surface area contributed by atoms with E-state index >= 15 is 0 Å². The number of para-hydroxylation sites is 3. The van der Waals surface area contributed by atoms with Crippen molar-refractivity contribution in [1.82, 2.24) is 14.7 Å². The lowest BCUT2D eigenvalue weighted by atomic mass is 10.1. The van der Waals surface area contributed by atoms with Crippen molar-refractivity contribution >= 4 is 0 Å². The van der Waals surface area contributed by atoms with Crippen LogP contribution in [0.2, 0.25) is 0 Å². The van der Waals surface area contributed by atoms with E-state index in [1.54, 1.807) is 7.11 Å². The summed E-state index contributed by atoms with van der Waals surface area (Å²) < 4.78 is 13.9. The topological polar surface area (TPSA) is 59.8 Å². The highest BCUT2D eigenvalue weighted by Crippen LogP contribution is 2.37. The van der Waals surface area contributed by atoms with Gasteiger partial charge in [-0.2, -0.15) is 5.10 Å². The molecule has 3 aromatic rings. The Bertz CT molecular complexity index is 1030. The van der Waals surface area contributed by atoms with Crippen LogP contribution in [0.3, 0.4) is 0 Å². The van der Waals surface area contributed by atoms with E-state index in [0.29, 0.717) is 30.5 Å². The average Bonchev–Trinajstić information content (AvgIpc) is 3.59. The van der Waals surface area contributed by atoms with E-state index < -0.39 is 0 Å². The third kappa shape index (κ3) is 5.95. The molecule has 33 heavy (non-hydrogen) atoms. The van der Waals surface area contributed by atoms with Crippen LogP contribution >= 0.6 is 0 Å². The SMILES string of the molecule is CCCC(O)CN(Cc1c(C)nn(-c2ccccc2)c1Oc1ccccc1OC)CC1CC1. The molecule has 0 bridgehead atoms. The summed E-state index contributed by atoms with van der Waals surface area (Å²) in [4.78, 5) is 2.37. The molecule has 6 nitrogen and oxygen atoms in total. The van der Waals surface area contributed by atoms with Gasteiger partial charge in [-0.3, -0.25) is 4.90 Å². The van der Waals surface area contributed by atoms with Crippen molar-refractivity contribution in [3.63, 3.8) is 0 Å². The van der Waals surface area contributed by atoms with Crippen molar-refractivity contribution in [3.05, 3.63) is 65.9 Å². The number of aryl methyl sites for hydroxylation is 1. The van der Waals surface area contributed by atoms with Crippen molar-refractivity contribution < 1.29 is 14.6 Å². The quantitative estimate of drug-likeness (QED) is 0.404. The summed E-state index contributed by atoms with van der Waals surface area (Å²) in [6.45, 7) is 6.48. The number of rotatable bonds is 12. The molecule has 1 unspecified atom stereocenters. The van der Waals surface area contributed by atoms with Crippen LogP contribution in [-0.4, -0.2) is 46.1 Å². The molecule has 0 saturated heterocycles. The lowest BCUT2D eigenvalue weighted by molar-refractivity contribution is 0.0977. The zero-order chi connectivity index (χ0) is 23.2. The molecule has 4 rings (SSSR count). The van der Waals surface area contributed by atoms with Gasteiger partial charge < -0.3 is 14.6 Å². The molecule has 176 valence electrons. The third-order valence-corrected chi connectivity index (χ3v) is 6.10. The van der Waals surface area contributed by atoms with Gasteiger partial charge in [-0.1, -0.05) is 43.7 Å². The molecule has 1 aliphatic carbocycles. The van der Waals surface area contributed by atoms with Gasteiger partial charge in [0, 0.05) is 19.6 Å². The molecule has 0 radical (unpaired) electrons. The van der Waals surface area contributed by atoms with Crippen LogP contribution in [0.25, 0.3) is 5.69 Å². The van der Waals surface area contributed by atoms with Gasteiger partial charge in [0.1, 0.15) is 0 Å². The van der Waals surface area contributed by atoms with Crippen LogP contribution in [0.1, 0.15) is 43.9 Å². The fraction of sp³-hybridized carbons (Fsp3) is 0.444. The van der Waals surface area contributed by atoms with Crippen molar-refractivity contribution in [2.45, 2.75) is 52.2 Å². The summed E-state index contributed by atoms with van der Waals surface area (Å²) in [6, 6.07) is 17.7. The van der Waals surface area contributed by atoms with Gasteiger partial charge in [-0.05, 0) is 56.4 Å². The first-order valence-corrected chi connectivity index (χ1v) is 11.9. The molecule has 6 heteroatoms. The van der Waals surface area contributed by atoms with Gasteiger partial charge in [-0.25, -0.2) is 4.68 Å². The van der Waals surface area contributed by atoms with Crippen LogP contribution < -0.4 is 9.47 Å². The van der Waals surface area contributed by atoms with Crippen LogP contribution in [-0.2, 0) is 6.54 Å². The summed E-state index contributed by atoms with van der Waals surface area (Å²) in [5, 5.41) is 15.4. The maximum absolute atomic E-state index is 10.5. The van der Waals surface area contributed by atoms with Gasteiger partial charge in [-0.15, -0.1) is 0 Å². The summed E-state index contributed by atoms with van der Waals surface area (Å²) >= 11 is 0. The lowest BCUT2D eigenvalue weighted by Gasteiger charge is -2.25. The van der Waals surface area contributed by atoms with E-state index in [4.69, 9.17) is 14.6 Å². The van der Waals surface area contributed by atoms with Crippen molar-refractivity contribution in [2.24, 2.45) is 5.92 Å². The fourth-order valence-electron chi connectivity index (χ4n) is 4.19. The van der Waals surface area contributed by atoms with Gasteiger partial charge in [0.25, 0.3) is 0 Å². The molecule has 1 atom stereocenters. The number of aromatic nitrogens is 2. The highest BCUT2D eigenvalue weighted by Gasteiger charge is 2.28. The maximum atomic E-state index is 10.5. The number of hydrogen-bond donors (Lipinski definition) is 1. The number of ether oxygens (including phenoxy) is 2. The van der Waals surface area contributed by atoms with Gasteiger partial charge >= 0.3 is 0 Å². The normalized spacial score (nSPS) is 14.5. The molecule has 0 aliphatic heterocycles. The Hall–Kier alpha value is -2.83. The molecule has 1 fully saturated rings. The van der Waals surface area contributed by atoms with Gasteiger partial charge in [0.2, 0.25) is 5.88 Å². The van der Waals surface area contributed by atoms with Crippen molar-refractivity contribution in [3.8, 4) is 23.1 Å². The molecule has 1 saturated carbocycles. The van der Waals surface area contributed by atoms with E-state index in [9.17, 15) is 5.11 Å². The minimum atomic E-state index is -0.322. The van der Waals surface area contributed by atoms with Crippen LogP contribution in [0.5, 0.6) is 17.4 Å². The maximum Gasteiger partial charge on any atom is 0.227 e. The first kappa shape index (κ1) is 23.3. The first-order valence-electron chi connectivity index (χ1n) is 11.9. The Labute approximate surface area is 196 Å². The highest BCUT2D eigenvalue weighted by molar-refractivity contribution is 5.47. The molecule has 1 N–H and O–H groups in total. The fourth-order valence-corrected chi connectivity index (χ4v) is 4.19. The summed E-state index contributed by atoms with van der Waals surface area (Å²) in [7, 11) is 1.65. The summed E-state index contributed by atoms with van der Waals surface area (Å²) in [5.74, 6) is 2.74. The number of hydrogen-bond acceptors (Lipinski definition) is 5. The standard InChI is InChI=1S/C27H35N3O3/c1-4-10-23(31)18-29(17-21-15-16-21)19-24-20(2)28-30(22-11-6-5-7-12-22)27(24)33-26-14-9-8-13-25(26)32-3/h5-9,11-14,21,23,31H,4,10,15-19H2,1-3H3. The zero-order valence-electron chi connectivity index (χ0n) is 19.9. The molecule has 1 aliphatic rings. The smallest absolute Gasteiger partial charge is 0.227 e. The van der Waals surface area contributed by atoms with E-state index in [-0.39, 0.29) is 6.10 Å². The number of nitrogens with zero attached hydrogens (tertiary/aromatic N) is 3. The molecular weight excluding hydrogens is 414 g/mol. The summed E-state index contributed by atoms with van der Waals surface area (Å²) in [6.07, 6.45) is 4.01. The largest absolute Gasteiger partial charge is 0.493 e. The van der Waals surface area contributed by atoms with Crippen molar-refractivity contribution in [1.29, 1.82) is 0 Å². The Kier molecular flexibility index (Phi) is 7.68. The third-order valence-electron chi connectivity index (χ3n) is 6.10. The average molecular weight is 450 g/mol. The molecular formula is C27H35N3O3. The minimum Gasteiger partial charge on any atom is -0.493 e. The number of aliphatic hydroxyl groups is 1. The van der Waals surface area contributed by atoms with Gasteiger partial charge in [0.15, 0.2) is 11.5 Å². The van der Waals surface area contributed by atoms with E-state index in [1.165, 1.54) is 12.8 Å². The number of methoxy groups -OCH3 is 1. The second kappa shape index (κ2) is 10.9. The first-order chi connectivity index (χ1) is 16.1. The van der Waals surface area contributed by atoms with E-state index in [0.717, 1.165) is 42.2 Å². The second-order valence-electron chi connectivity index (χ2n) is 8.95. The predicted octanol–water partition coefficient (Wildman–Crippen LogP) is 5.35. The molecule has 1 aromatic heterocycles. The molecule has 1 heterocycles. The van der Waals surface area contributed by atoms with Gasteiger partial charge in [0.05, 0.1) is 30.2 Å². The molecule has 2 aromatic carbocycles. The van der Waals surface area contributed by atoms with Crippen LogP contribution in [0, 0.1) is 12.8 Å². The van der Waals surface area contributed by atoms with E-state index in [2.05, 4.69) is 11.8 Å². The lowest BCUT2D eigenvalue weighted by Crippen LogP contribution is -2.33. The predicted molar refractivity (Wildman–Crippen MR) is 130 cm³/mol. The minimum absolute atomic E-state index is 0.322. The summed E-state index contributed by atoms with van der Waals surface area (Å²) in [5.41, 5.74) is 2.90. The zero-order valence-corrected chi connectivity index (χ0v) is 19.9. The Balaban J connectivity index is 1.70. The molecule has 0 spiro atoms. The van der Waals surface area contributed by atoms with Crippen LogP contribution in [0.4, 0.5) is 0 Å². The van der Waals surface area contributed by atoms with Crippen molar-refractivity contribution in [2.75, 3.05) is 20.2 Å². The Morgan fingerprint density at radius 3 is 2.45 bits per heavy atom. The van der Waals surface area contributed by atoms with E-state index in [1.807, 2.05) is 66.2 Å². The monoisotopic (exact) mass is 449 g/mol. The Morgan fingerprint density at radius 2 is 1.79 bits per heavy atom. The Morgan fingerprint density at radius 1 is 1.09 bits per heavy atom. The second-order valence-corrected chi connectivity index (χ2v) is 8.95.